The highest BCUT2D eigenvalue weighted by Crippen LogP contribution is 1.94. The van der Waals surface area contributed by atoms with Crippen molar-refractivity contribution in [2.45, 2.75) is 20.0 Å². The molecule has 0 amide bonds. The van der Waals surface area contributed by atoms with Crippen molar-refractivity contribution in [2.75, 3.05) is 66.2 Å². The molecule has 0 spiro atoms. The molecular formula is C19H34N2O8. The van der Waals surface area contributed by atoms with Crippen LogP contribution in [0.1, 0.15) is 13.8 Å². The number of hydrogen-bond acceptors (Lipinski definition) is 10. The van der Waals surface area contributed by atoms with Crippen LogP contribution in [-0.2, 0) is 33.3 Å². The highest BCUT2D eigenvalue weighted by Gasteiger charge is 2.08. The number of esters is 2. The van der Waals surface area contributed by atoms with Crippen molar-refractivity contribution in [3.63, 3.8) is 0 Å². The van der Waals surface area contributed by atoms with Crippen LogP contribution in [0.5, 0.6) is 0 Å². The van der Waals surface area contributed by atoms with Crippen LogP contribution in [-0.4, -0.2) is 89.3 Å². The summed E-state index contributed by atoms with van der Waals surface area (Å²) in [5, 5.41) is 15.6. The summed E-state index contributed by atoms with van der Waals surface area (Å²) in [6, 6.07) is 0. The average molecular weight is 418 g/mol. The number of ether oxygens (including phenoxy) is 5. The van der Waals surface area contributed by atoms with Crippen LogP contribution in [0.4, 0.5) is 0 Å². The van der Waals surface area contributed by atoms with E-state index in [0.29, 0.717) is 57.2 Å². The second-order valence-corrected chi connectivity index (χ2v) is 6.14. The number of carbonyl (C=O) groups excluding carboxylic acids is 2. The van der Waals surface area contributed by atoms with Crippen molar-refractivity contribution in [2.24, 2.45) is 0 Å². The Bertz CT molecular complexity index is 499. The molecule has 0 aliphatic carbocycles. The molecule has 0 aromatic carbocycles. The second kappa shape index (κ2) is 18.2. The van der Waals surface area contributed by atoms with Gasteiger partial charge in [0.05, 0.1) is 26.4 Å². The number of rotatable bonds is 19. The van der Waals surface area contributed by atoms with Crippen LogP contribution < -0.4 is 10.6 Å². The Morgan fingerprint density at radius 3 is 2.00 bits per heavy atom. The standard InChI is InChI=1S/C19H34N2O8/c1-15(2)18(23)28-12-17(22)11-20-5-7-25-9-10-26-8-6-21-13-27-14-29-19(24)16(3)4/h17,20-22H,1,3,5-14H2,2,4H3. The first kappa shape index (κ1) is 27.2. The number of hydrogen-bond donors (Lipinski definition) is 3. The van der Waals surface area contributed by atoms with E-state index in [9.17, 15) is 14.7 Å². The van der Waals surface area contributed by atoms with E-state index in [2.05, 4.69) is 23.8 Å². The maximum Gasteiger partial charge on any atom is 0.335 e. The van der Waals surface area contributed by atoms with Crippen LogP contribution in [0, 0.1) is 0 Å². The first-order valence-electron chi connectivity index (χ1n) is 9.32. The molecular weight excluding hydrogens is 384 g/mol. The maximum atomic E-state index is 11.2. The van der Waals surface area contributed by atoms with Gasteiger partial charge >= 0.3 is 11.9 Å². The molecule has 0 aromatic heterocycles. The minimum atomic E-state index is -0.781. The lowest BCUT2D eigenvalue weighted by Gasteiger charge is -2.12. The van der Waals surface area contributed by atoms with E-state index >= 15 is 0 Å². The molecule has 1 unspecified atom stereocenters. The summed E-state index contributed by atoms with van der Waals surface area (Å²) in [7, 11) is 0. The van der Waals surface area contributed by atoms with E-state index < -0.39 is 18.0 Å². The smallest absolute Gasteiger partial charge is 0.335 e. The molecule has 29 heavy (non-hydrogen) atoms. The predicted molar refractivity (Wildman–Crippen MR) is 106 cm³/mol. The molecule has 10 nitrogen and oxygen atoms in total. The zero-order valence-corrected chi connectivity index (χ0v) is 17.4. The van der Waals surface area contributed by atoms with Gasteiger partial charge in [0, 0.05) is 30.8 Å². The van der Waals surface area contributed by atoms with Crippen LogP contribution in [0.3, 0.4) is 0 Å². The third kappa shape index (κ3) is 18.0. The fraction of sp³-hybridized carbons (Fsp3) is 0.684. The van der Waals surface area contributed by atoms with Crippen molar-refractivity contribution < 1.29 is 38.4 Å². The summed E-state index contributed by atoms with van der Waals surface area (Å²) in [4.78, 5) is 22.2. The van der Waals surface area contributed by atoms with Gasteiger partial charge in [-0.05, 0) is 13.8 Å². The molecule has 0 heterocycles. The van der Waals surface area contributed by atoms with Crippen LogP contribution in [0.15, 0.2) is 24.3 Å². The van der Waals surface area contributed by atoms with Crippen molar-refractivity contribution in [1.82, 2.24) is 10.6 Å². The Morgan fingerprint density at radius 1 is 0.862 bits per heavy atom. The molecule has 0 fully saturated rings. The van der Waals surface area contributed by atoms with Crippen LogP contribution in [0.25, 0.3) is 0 Å². The number of carbonyl (C=O) groups is 2. The molecule has 1 atom stereocenters. The molecule has 0 aliphatic heterocycles. The average Bonchev–Trinajstić information content (AvgIpc) is 2.68. The van der Waals surface area contributed by atoms with Gasteiger partial charge in [0.25, 0.3) is 0 Å². The molecule has 0 aromatic rings. The summed E-state index contributed by atoms with van der Waals surface area (Å²) < 4.78 is 25.4. The predicted octanol–water partition coefficient (Wildman–Crippen LogP) is -0.270. The summed E-state index contributed by atoms with van der Waals surface area (Å²) in [5.74, 6) is -0.997. The maximum absolute atomic E-state index is 11.2. The fourth-order valence-electron chi connectivity index (χ4n) is 1.64. The van der Waals surface area contributed by atoms with Gasteiger partial charge in [0.15, 0.2) is 6.79 Å². The molecule has 168 valence electrons. The van der Waals surface area contributed by atoms with Gasteiger partial charge in [-0.1, -0.05) is 13.2 Å². The highest BCUT2D eigenvalue weighted by atomic mass is 16.7. The SMILES string of the molecule is C=C(C)C(=O)OCOCNCCOCCOCCNCC(O)COC(=O)C(=C)C. The van der Waals surface area contributed by atoms with Crippen molar-refractivity contribution in [1.29, 1.82) is 0 Å². The van der Waals surface area contributed by atoms with E-state index in [4.69, 9.17) is 23.7 Å². The number of nitrogens with one attached hydrogen (secondary N) is 2. The van der Waals surface area contributed by atoms with Crippen molar-refractivity contribution in [3.05, 3.63) is 24.3 Å². The van der Waals surface area contributed by atoms with Gasteiger partial charge in [0.2, 0.25) is 0 Å². The Morgan fingerprint density at radius 2 is 1.41 bits per heavy atom. The molecule has 0 radical (unpaired) electrons. The first-order valence-corrected chi connectivity index (χ1v) is 9.32. The molecule has 0 rings (SSSR count). The third-order valence-corrected chi connectivity index (χ3v) is 3.18. The summed E-state index contributed by atoms with van der Waals surface area (Å²) >= 11 is 0. The molecule has 0 aliphatic rings. The fourth-order valence-corrected chi connectivity index (χ4v) is 1.64. The van der Waals surface area contributed by atoms with Gasteiger partial charge in [-0.15, -0.1) is 0 Å². The zero-order valence-electron chi connectivity index (χ0n) is 17.4. The van der Waals surface area contributed by atoms with E-state index in [1.54, 1.807) is 13.8 Å². The number of aliphatic hydroxyl groups is 1. The zero-order chi connectivity index (χ0) is 21.9. The van der Waals surface area contributed by atoms with Gasteiger partial charge in [0.1, 0.15) is 19.4 Å². The minimum absolute atomic E-state index is 0.0773. The Kier molecular flexibility index (Phi) is 17.1. The lowest BCUT2D eigenvalue weighted by Crippen LogP contribution is -2.33. The van der Waals surface area contributed by atoms with Crippen molar-refractivity contribution >= 4 is 11.9 Å². The lowest BCUT2D eigenvalue weighted by molar-refractivity contribution is -0.152. The van der Waals surface area contributed by atoms with Gasteiger partial charge in [-0.2, -0.15) is 0 Å². The van der Waals surface area contributed by atoms with E-state index in [1.165, 1.54) is 0 Å². The Hall–Kier alpha value is -1.82. The Labute approximate surface area is 172 Å². The second-order valence-electron chi connectivity index (χ2n) is 6.14. The van der Waals surface area contributed by atoms with Crippen LogP contribution >= 0.6 is 0 Å². The number of aliphatic hydroxyl groups excluding tert-OH is 1. The highest BCUT2D eigenvalue weighted by molar-refractivity contribution is 5.87. The van der Waals surface area contributed by atoms with Crippen LogP contribution in [0.2, 0.25) is 0 Å². The third-order valence-electron chi connectivity index (χ3n) is 3.18. The lowest BCUT2D eigenvalue weighted by atomic mass is 10.3. The van der Waals surface area contributed by atoms with E-state index in [0.717, 1.165) is 0 Å². The molecule has 0 bridgehead atoms. The molecule has 0 saturated heterocycles. The topological polar surface area (TPSA) is 125 Å². The molecule has 0 saturated carbocycles. The Balaban J connectivity index is 3.26. The van der Waals surface area contributed by atoms with Gasteiger partial charge < -0.3 is 34.1 Å². The van der Waals surface area contributed by atoms with Gasteiger partial charge in [-0.3, -0.25) is 5.32 Å². The molecule has 3 N–H and O–H groups in total. The first-order chi connectivity index (χ1) is 13.8. The normalized spacial score (nSPS) is 11.7. The van der Waals surface area contributed by atoms with E-state index in [-0.39, 0.29) is 20.1 Å². The summed E-state index contributed by atoms with van der Waals surface area (Å²) in [6.45, 7) is 13.4. The largest absolute Gasteiger partial charge is 0.460 e. The monoisotopic (exact) mass is 418 g/mol. The minimum Gasteiger partial charge on any atom is -0.460 e. The van der Waals surface area contributed by atoms with E-state index in [1.807, 2.05) is 0 Å². The summed E-state index contributed by atoms with van der Waals surface area (Å²) in [5.41, 5.74) is 0.624. The van der Waals surface area contributed by atoms with Gasteiger partial charge in [-0.25, -0.2) is 9.59 Å². The molecule has 10 heteroatoms. The van der Waals surface area contributed by atoms with Crippen molar-refractivity contribution in [3.8, 4) is 0 Å². The summed E-state index contributed by atoms with van der Waals surface area (Å²) in [6.07, 6.45) is -0.781. The quantitative estimate of drug-likeness (QED) is 0.112.